The second-order valence-corrected chi connectivity index (χ2v) is 6.47. The zero-order chi connectivity index (χ0) is 15.5. The Hall–Kier alpha value is -1.48. The summed E-state index contributed by atoms with van der Waals surface area (Å²) in [5.41, 5.74) is 6.21. The molecule has 0 aliphatic carbocycles. The number of benzene rings is 1. The van der Waals surface area contributed by atoms with Crippen LogP contribution in [0.25, 0.3) is 0 Å². The maximum Gasteiger partial charge on any atom is 0.242 e. The van der Waals surface area contributed by atoms with Crippen molar-refractivity contribution in [3.05, 3.63) is 40.9 Å². The topological polar surface area (TPSA) is 103 Å². The van der Waals surface area contributed by atoms with Crippen LogP contribution in [0.1, 0.15) is 18.3 Å². The van der Waals surface area contributed by atoms with E-state index < -0.39 is 10.0 Å². The maximum atomic E-state index is 12.3. The molecule has 21 heavy (non-hydrogen) atoms. The summed E-state index contributed by atoms with van der Waals surface area (Å²) >= 11 is 5.96. The molecule has 0 bridgehead atoms. The van der Waals surface area contributed by atoms with E-state index >= 15 is 0 Å². The largest absolute Gasteiger partial charge is 0.326 e. The van der Waals surface area contributed by atoms with Crippen LogP contribution in [0.3, 0.4) is 0 Å². The number of aryl methyl sites for hydroxylation is 1. The minimum atomic E-state index is -3.74. The summed E-state index contributed by atoms with van der Waals surface area (Å²) in [6.45, 7) is 2.86. The molecule has 0 fully saturated rings. The van der Waals surface area contributed by atoms with Crippen LogP contribution in [0.2, 0.25) is 5.02 Å². The van der Waals surface area contributed by atoms with E-state index in [0.29, 0.717) is 17.9 Å². The fourth-order valence-corrected chi connectivity index (χ4v) is 3.33. The Morgan fingerprint density at radius 1 is 1.43 bits per heavy atom. The molecule has 114 valence electrons. The fraction of sp³-hybridized carbons (Fsp3) is 0.333. The number of nitrogens with two attached hydrogens (primary N) is 1. The Labute approximate surface area is 128 Å². The van der Waals surface area contributed by atoms with Crippen LogP contribution in [-0.4, -0.2) is 23.2 Å². The molecule has 0 aliphatic rings. The molecular formula is C12H16ClN5O2S. The summed E-state index contributed by atoms with van der Waals surface area (Å²) in [6.07, 6.45) is 1.55. The first kappa shape index (κ1) is 15.9. The van der Waals surface area contributed by atoms with Crippen molar-refractivity contribution in [3.63, 3.8) is 0 Å². The summed E-state index contributed by atoms with van der Waals surface area (Å²) < 4.78 is 28.9. The van der Waals surface area contributed by atoms with Gasteiger partial charge in [0.15, 0.2) is 0 Å². The smallest absolute Gasteiger partial charge is 0.242 e. The lowest BCUT2D eigenvalue weighted by Gasteiger charge is -2.10. The first-order chi connectivity index (χ1) is 9.97. The first-order valence-corrected chi connectivity index (χ1v) is 8.19. The number of halogens is 1. The predicted molar refractivity (Wildman–Crippen MR) is 79.1 cm³/mol. The molecule has 0 aliphatic heterocycles. The number of hydrogen-bond acceptors (Lipinski definition) is 5. The molecule has 1 heterocycles. The number of nitrogens with zero attached hydrogens (tertiary/aromatic N) is 3. The highest BCUT2D eigenvalue weighted by molar-refractivity contribution is 7.89. The summed E-state index contributed by atoms with van der Waals surface area (Å²) in [7, 11) is -3.74. The highest BCUT2D eigenvalue weighted by Crippen LogP contribution is 2.22. The molecule has 0 saturated heterocycles. The quantitative estimate of drug-likeness (QED) is 0.819. The van der Waals surface area contributed by atoms with Gasteiger partial charge in [0.25, 0.3) is 0 Å². The van der Waals surface area contributed by atoms with E-state index in [0.717, 1.165) is 0 Å². The molecule has 7 nitrogen and oxygen atoms in total. The highest BCUT2D eigenvalue weighted by Gasteiger charge is 2.19. The lowest BCUT2D eigenvalue weighted by Crippen LogP contribution is -2.25. The molecule has 0 spiro atoms. The molecule has 3 N–H and O–H groups in total. The van der Waals surface area contributed by atoms with Crippen LogP contribution in [0, 0.1) is 0 Å². The first-order valence-electron chi connectivity index (χ1n) is 6.32. The molecule has 2 aromatic rings. The number of rotatable bonds is 6. The van der Waals surface area contributed by atoms with Crippen LogP contribution >= 0.6 is 11.6 Å². The van der Waals surface area contributed by atoms with Gasteiger partial charge in [-0.3, -0.25) is 0 Å². The molecule has 0 amide bonds. The van der Waals surface area contributed by atoms with Crippen LogP contribution in [-0.2, 0) is 29.7 Å². The minimum Gasteiger partial charge on any atom is -0.326 e. The standard InChI is InChI=1S/C12H16ClN5O2S/c1-2-18-8-15-17-12(18)7-16-21(19,20)11-5-9(6-14)3-4-10(11)13/h3-5,8,16H,2,6-7,14H2,1H3. The zero-order valence-electron chi connectivity index (χ0n) is 11.5. The van der Waals surface area contributed by atoms with Crippen molar-refractivity contribution in [2.75, 3.05) is 0 Å². The molecule has 0 unspecified atom stereocenters. The van der Waals surface area contributed by atoms with Gasteiger partial charge in [-0.15, -0.1) is 10.2 Å². The number of nitrogens with one attached hydrogen (secondary N) is 1. The van der Waals surface area contributed by atoms with Gasteiger partial charge in [-0.05, 0) is 24.6 Å². The summed E-state index contributed by atoms with van der Waals surface area (Å²) in [5, 5.41) is 7.77. The number of sulfonamides is 1. The molecule has 0 saturated carbocycles. The van der Waals surface area contributed by atoms with Crippen molar-refractivity contribution >= 4 is 21.6 Å². The number of aromatic nitrogens is 3. The second-order valence-electron chi connectivity index (χ2n) is 4.33. The Kier molecular flexibility index (Phi) is 4.94. The zero-order valence-corrected chi connectivity index (χ0v) is 13.0. The highest BCUT2D eigenvalue weighted by atomic mass is 35.5. The second kappa shape index (κ2) is 6.52. The summed E-state index contributed by atoms with van der Waals surface area (Å²) in [5.74, 6) is 0.534. The average molecular weight is 330 g/mol. The van der Waals surface area contributed by atoms with Gasteiger partial charge in [-0.1, -0.05) is 17.7 Å². The summed E-state index contributed by atoms with van der Waals surface area (Å²) in [6, 6.07) is 4.68. The third-order valence-electron chi connectivity index (χ3n) is 2.98. The average Bonchev–Trinajstić information content (AvgIpc) is 2.93. The van der Waals surface area contributed by atoms with Crippen molar-refractivity contribution in [2.24, 2.45) is 5.73 Å². The van der Waals surface area contributed by atoms with Gasteiger partial charge in [0, 0.05) is 13.1 Å². The monoisotopic (exact) mass is 329 g/mol. The van der Waals surface area contributed by atoms with Crippen LogP contribution in [0.15, 0.2) is 29.4 Å². The SMILES string of the molecule is CCn1cnnc1CNS(=O)(=O)c1cc(CN)ccc1Cl. The lowest BCUT2D eigenvalue weighted by atomic mass is 10.2. The van der Waals surface area contributed by atoms with Gasteiger partial charge in [0.05, 0.1) is 11.6 Å². The molecule has 1 aromatic heterocycles. The van der Waals surface area contributed by atoms with Crippen molar-refractivity contribution in [1.82, 2.24) is 19.5 Å². The normalized spacial score (nSPS) is 11.8. The van der Waals surface area contributed by atoms with Gasteiger partial charge in [-0.2, -0.15) is 0 Å². The molecule has 0 radical (unpaired) electrons. The van der Waals surface area contributed by atoms with Crippen molar-refractivity contribution in [3.8, 4) is 0 Å². The maximum absolute atomic E-state index is 12.3. The van der Waals surface area contributed by atoms with Crippen molar-refractivity contribution in [2.45, 2.75) is 31.5 Å². The van der Waals surface area contributed by atoms with Crippen LogP contribution in [0.4, 0.5) is 0 Å². The van der Waals surface area contributed by atoms with E-state index in [9.17, 15) is 8.42 Å². The van der Waals surface area contributed by atoms with Gasteiger partial charge >= 0.3 is 0 Å². The fourth-order valence-electron chi connectivity index (χ4n) is 1.80. The van der Waals surface area contributed by atoms with Gasteiger partial charge < -0.3 is 10.3 Å². The van der Waals surface area contributed by atoms with Crippen molar-refractivity contribution < 1.29 is 8.42 Å². The van der Waals surface area contributed by atoms with E-state index in [2.05, 4.69) is 14.9 Å². The molecule has 2 rings (SSSR count). The minimum absolute atomic E-state index is 0.00896. The molecule has 9 heteroatoms. The van der Waals surface area contributed by atoms with E-state index in [1.165, 1.54) is 12.1 Å². The van der Waals surface area contributed by atoms with E-state index in [1.807, 2.05) is 6.92 Å². The third kappa shape index (κ3) is 3.59. The van der Waals surface area contributed by atoms with Gasteiger partial charge in [0.2, 0.25) is 10.0 Å². The van der Waals surface area contributed by atoms with E-state index in [1.54, 1.807) is 17.0 Å². The Bertz CT molecular complexity index is 729. The molecule has 0 atom stereocenters. The van der Waals surface area contributed by atoms with E-state index in [-0.39, 0.29) is 23.0 Å². The van der Waals surface area contributed by atoms with Gasteiger partial charge in [-0.25, -0.2) is 13.1 Å². The van der Waals surface area contributed by atoms with Gasteiger partial charge in [0.1, 0.15) is 17.0 Å². The number of hydrogen-bond donors (Lipinski definition) is 2. The molecular weight excluding hydrogens is 314 g/mol. The van der Waals surface area contributed by atoms with Crippen molar-refractivity contribution in [1.29, 1.82) is 0 Å². The Balaban J connectivity index is 2.23. The molecule has 1 aromatic carbocycles. The van der Waals surface area contributed by atoms with Crippen LogP contribution < -0.4 is 10.5 Å². The van der Waals surface area contributed by atoms with E-state index in [4.69, 9.17) is 17.3 Å². The third-order valence-corrected chi connectivity index (χ3v) is 4.86. The summed E-state index contributed by atoms with van der Waals surface area (Å²) in [4.78, 5) is 0.00896. The van der Waals surface area contributed by atoms with Crippen LogP contribution in [0.5, 0.6) is 0 Å². The lowest BCUT2D eigenvalue weighted by molar-refractivity contribution is 0.575. The predicted octanol–water partition coefficient (Wildman–Crippen LogP) is 0.889. The Morgan fingerprint density at radius 2 is 2.19 bits per heavy atom. The Morgan fingerprint density at radius 3 is 2.86 bits per heavy atom.